The van der Waals surface area contributed by atoms with E-state index in [4.69, 9.17) is 4.98 Å². The maximum Gasteiger partial charge on any atom is 0.387 e. The van der Waals surface area contributed by atoms with Crippen LogP contribution >= 0.6 is 0 Å². The van der Waals surface area contributed by atoms with Gasteiger partial charge in [-0.25, -0.2) is 4.98 Å². The number of aromatic nitrogens is 2. The fourth-order valence-electron chi connectivity index (χ4n) is 6.09. The minimum Gasteiger partial charge on any atom is -0.435 e. The standard InChI is InChI=1S/C29H38F2N4O/c1-19(2)18-34-11-9-24(10-12-34)35-13-7-21(8-14-35)23-15-20(3)27-26(17-23)32-28(33-27)22-5-4-6-25(16-22)36-29(30)31/h4-6,15-17,19,21,24,29H,7-14,18H2,1-3H3,(H,32,33). The van der Waals surface area contributed by atoms with Crippen molar-refractivity contribution < 1.29 is 13.5 Å². The normalized spacial score (nSPS) is 19.1. The lowest BCUT2D eigenvalue weighted by Crippen LogP contribution is -2.48. The number of aryl methyl sites for hydroxylation is 1. The molecular weight excluding hydrogens is 458 g/mol. The first-order chi connectivity index (χ1) is 17.4. The van der Waals surface area contributed by atoms with Crippen molar-refractivity contribution in [3.8, 4) is 17.1 Å². The molecule has 0 radical (unpaired) electrons. The number of piperidine rings is 2. The summed E-state index contributed by atoms with van der Waals surface area (Å²) >= 11 is 0. The van der Waals surface area contributed by atoms with Gasteiger partial charge >= 0.3 is 6.61 Å². The van der Waals surface area contributed by atoms with Gasteiger partial charge in [0, 0.05) is 18.2 Å². The zero-order chi connectivity index (χ0) is 25.2. The number of aromatic amines is 1. The number of ether oxygens (including phenoxy) is 1. The van der Waals surface area contributed by atoms with Gasteiger partial charge in [0.25, 0.3) is 0 Å². The minimum atomic E-state index is -2.84. The first-order valence-corrected chi connectivity index (χ1v) is 13.4. The first kappa shape index (κ1) is 25.2. The molecule has 0 amide bonds. The van der Waals surface area contributed by atoms with Crippen molar-refractivity contribution in [2.24, 2.45) is 5.92 Å². The van der Waals surface area contributed by atoms with Crippen LogP contribution in [0.5, 0.6) is 5.75 Å². The van der Waals surface area contributed by atoms with Crippen LogP contribution in [0.15, 0.2) is 36.4 Å². The summed E-state index contributed by atoms with van der Waals surface area (Å²) in [5.41, 5.74) is 5.18. The summed E-state index contributed by atoms with van der Waals surface area (Å²) in [6.45, 7) is 9.91. The molecule has 0 aliphatic carbocycles. The molecule has 0 spiro atoms. The Bertz CT molecular complexity index is 1160. The molecule has 3 aromatic rings. The van der Waals surface area contributed by atoms with Gasteiger partial charge in [-0.15, -0.1) is 0 Å². The number of fused-ring (bicyclic) bond motifs is 1. The summed E-state index contributed by atoms with van der Waals surface area (Å²) in [7, 11) is 0. The van der Waals surface area contributed by atoms with Crippen LogP contribution < -0.4 is 4.74 Å². The minimum absolute atomic E-state index is 0.137. The molecule has 2 aliphatic rings. The molecule has 1 N–H and O–H groups in total. The van der Waals surface area contributed by atoms with Crippen LogP contribution in [-0.2, 0) is 0 Å². The topological polar surface area (TPSA) is 44.4 Å². The second kappa shape index (κ2) is 10.9. The number of nitrogens with zero attached hydrogens (tertiary/aromatic N) is 3. The van der Waals surface area contributed by atoms with Crippen LogP contribution in [0, 0.1) is 12.8 Å². The van der Waals surface area contributed by atoms with Gasteiger partial charge in [-0.3, -0.25) is 0 Å². The lowest BCUT2D eigenvalue weighted by Gasteiger charge is -2.42. The summed E-state index contributed by atoms with van der Waals surface area (Å²) in [6, 6.07) is 12.0. The number of imidazole rings is 1. The molecular formula is C29H38F2N4O. The zero-order valence-electron chi connectivity index (χ0n) is 21.6. The Labute approximate surface area is 212 Å². The Balaban J connectivity index is 1.25. The SMILES string of the molecule is Cc1cc(C2CCN(C3CCN(CC(C)C)CC3)CC2)cc2[nH]c(-c3cccc(OC(F)F)c3)nc12. The van der Waals surface area contributed by atoms with Crippen molar-refractivity contribution >= 4 is 11.0 Å². The van der Waals surface area contributed by atoms with Crippen molar-refractivity contribution in [3.05, 3.63) is 47.5 Å². The molecule has 0 bridgehead atoms. The van der Waals surface area contributed by atoms with Crippen LogP contribution in [0.25, 0.3) is 22.4 Å². The molecule has 36 heavy (non-hydrogen) atoms. The summed E-state index contributed by atoms with van der Waals surface area (Å²) in [5.74, 6) is 2.11. The number of hydrogen-bond donors (Lipinski definition) is 1. The van der Waals surface area contributed by atoms with Gasteiger partial charge < -0.3 is 19.5 Å². The molecule has 0 atom stereocenters. The van der Waals surface area contributed by atoms with Gasteiger partial charge in [0.2, 0.25) is 0 Å². The fraction of sp³-hybridized carbons (Fsp3) is 0.552. The summed E-state index contributed by atoms with van der Waals surface area (Å²) in [4.78, 5) is 13.6. The number of alkyl halides is 2. The summed E-state index contributed by atoms with van der Waals surface area (Å²) in [5, 5.41) is 0. The third kappa shape index (κ3) is 5.73. The van der Waals surface area contributed by atoms with E-state index in [-0.39, 0.29) is 5.75 Å². The van der Waals surface area contributed by atoms with Gasteiger partial charge in [0.15, 0.2) is 0 Å². The lowest BCUT2D eigenvalue weighted by atomic mass is 9.87. The van der Waals surface area contributed by atoms with Crippen LogP contribution in [0.1, 0.15) is 56.6 Å². The summed E-state index contributed by atoms with van der Waals surface area (Å²) < 4.78 is 29.8. The Kier molecular flexibility index (Phi) is 7.58. The molecule has 194 valence electrons. The Hall–Kier alpha value is -2.51. The molecule has 5 nitrogen and oxygen atoms in total. The van der Waals surface area contributed by atoms with E-state index >= 15 is 0 Å². The van der Waals surface area contributed by atoms with Crippen LogP contribution in [0.4, 0.5) is 8.78 Å². The van der Waals surface area contributed by atoms with E-state index in [9.17, 15) is 8.78 Å². The number of rotatable bonds is 7. The smallest absolute Gasteiger partial charge is 0.387 e. The number of nitrogens with one attached hydrogen (secondary N) is 1. The monoisotopic (exact) mass is 496 g/mol. The molecule has 2 saturated heterocycles. The van der Waals surface area contributed by atoms with Crippen molar-refractivity contribution in [2.75, 3.05) is 32.7 Å². The van der Waals surface area contributed by atoms with Crippen molar-refractivity contribution in [2.45, 2.75) is 65.0 Å². The van der Waals surface area contributed by atoms with Crippen LogP contribution in [-0.4, -0.2) is 65.1 Å². The maximum atomic E-state index is 12.6. The molecule has 1 aromatic heterocycles. The largest absolute Gasteiger partial charge is 0.435 e. The molecule has 2 aromatic carbocycles. The van der Waals surface area contributed by atoms with Crippen LogP contribution in [0.2, 0.25) is 0 Å². The third-order valence-electron chi connectivity index (χ3n) is 7.83. The molecule has 2 aliphatic heterocycles. The third-order valence-corrected chi connectivity index (χ3v) is 7.83. The first-order valence-electron chi connectivity index (χ1n) is 13.4. The molecule has 5 rings (SSSR count). The van der Waals surface area contributed by atoms with E-state index in [1.165, 1.54) is 70.0 Å². The van der Waals surface area contributed by atoms with E-state index < -0.39 is 6.61 Å². The number of likely N-dealkylation sites (tertiary alicyclic amines) is 2. The maximum absolute atomic E-state index is 12.6. The van der Waals surface area contributed by atoms with Crippen molar-refractivity contribution in [1.29, 1.82) is 0 Å². The Morgan fingerprint density at radius 3 is 2.47 bits per heavy atom. The highest BCUT2D eigenvalue weighted by Crippen LogP contribution is 2.34. The average molecular weight is 497 g/mol. The highest BCUT2D eigenvalue weighted by atomic mass is 19.3. The van der Waals surface area contributed by atoms with E-state index in [0.29, 0.717) is 11.7 Å². The van der Waals surface area contributed by atoms with Crippen molar-refractivity contribution in [1.82, 2.24) is 19.8 Å². The number of H-pyrrole nitrogens is 1. The quantitative estimate of drug-likeness (QED) is 0.409. The lowest BCUT2D eigenvalue weighted by molar-refractivity contribution is -0.0498. The molecule has 3 heterocycles. The van der Waals surface area contributed by atoms with Crippen LogP contribution in [0.3, 0.4) is 0 Å². The van der Waals surface area contributed by atoms with Gasteiger partial charge in [0.1, 0.15) is 11.6 Å². The van der Waals surface area contributed by atoms with E-state index in [0.717, 1.165) is 34.1 Å². The van der Waals surface area contributed by atoms with Crippen molar-refractivity contribution in [3.63, 3.8) is 0 Å². The fourth-order valence-corrected chi connectivity index (χ4v) is 6.09. The highest BCUT2D eigenvalue weighted by molar-refractivity contribution is 5.83. The van der Waals surface area contributed by atoms with Gasteiger partial charge in [-0.1, -0.05) is 32.0 Å². The number of hydrogen-bond acceptors (Lipinski definition) is 4. The second-order valence-corrected chi connectivity index (χ2v) is 11.0. The van der Waals surface area contributed by atoms with Gasteiger partial charge in [-0.05, 0) is 99.9 Å². The van der Waals surface area contributed by atoms with Gasteiger partial charge in [0.05, 0.1) is 11.0 Å². The molecule has 0 unspecified atom stereocenters. The number of benzene rings is 2. The Morgan fingerprint density at radius 2 is 1.78 bits per heavy atom. The van der Waals surface area contributed by atoms with Gasteiger partial charge in [-0.2, -0.15) is 8.78 Å². The molecule has 7 heteroatoms. The number of halogens is 2. The summed E-state index contributed by atoms with van der Waals surface area (Å²) in [6.07, 6.45) is 4.96. The highest BCUT2D eigenvalue weighted by Gasteiger charge is 2.29. The Morgan fingerprint density at radius 1 is 1.03 bits per heavy atom. The predicted molar refractivity (Wildman–Crippen MR) is 141 cm³/mol. The van der Waals surface area contributed by atoms with E-state index in [1.54, 1.807) is 12.1 Å². The second-order valence-electron chi connectivity index (χ2n) is 11.0. The molecule has 2 fully saturated rings. The predicted octanol–water partition coefficient (Wildman–Crippen LogP) is 6.44. The molecule has 0 saturated carbocycles. The average Bonchev–Trinajstić information content (AvgIpc) is 3.29. The van der Waals surface area contributed by atoms with E-state index in [1.807, 2.05) is 6.07 Å². The zero-order valence-corrected chi connectivity index (χ0v) is 21.6. The van der Waals surface area contributed by atoms with E-state index in [2.05, 4.69) is 52.4 Å².